The number of nitrogens with zero attached hydrogens (tertiary/aromatic N) is 2. The first kappa shape index (κ1) is 12.4. The molecule has 4 nitrogen and oxygen atoms in total. The van der Waals surface area contributed by atoms with E-state index in [1.54, 1.807) is 0 Å². The van der Waals surface area contributed by atoms with Crippen LogP contribution in [0.2, 0.25) is 0 Å². The highest BCUT2D eigenvalue weighted by atomic mass is 16.5. The fourth-order valence-electron chi connectivity index (χ4n) is 2.15. The summed E-state index contributed by atoms with van der Waals surface area (Å²) >= 11 is 0. The number of benzene rings is 2. The number of hydrogen-bond donors (Lipinski definition) is 1. The Kier molecular flexibility index (Phi) is 2.99. The quantitative estimate of drug-likeness (QED) is 0.719. The molecule has 20 heavy (non-hydrogen) atoms. The molecule has 3 aromatic rings. The topological polar surface area (TPSA) is 61.0 Å². The molecule has 0 radical (unpaired) electrons. The van der Waals surface area contributed by atoms with Crippen molar-refractivity contribution in [2.75, 3.05) is 5.73 Å². The van der Waals surface area contributed by atoms with Crippen molar-refractivity contribution in [3.05, 3.63) is 53.9 Å². The van der Waals surface area contributed by atoms with E-state index in [0.717, 1.165) is 22.2 Å². The first-order valence-electron chi connectivity index (χ1n) is 6.39. The van der Waals surface area contributed by atoms with Gasteiger partial charge in [0.25, 0.3) is 0 Å². The van der Waals surface area contributed by atoms with Crippen molar-refractivity contribution in [1.29, 1.82) is 0 Å². The highest BCUT2D eigenvalue weighted by molar-refractivity contribution is 5.86. The molecule has 2 N–H and O–H groups in total. The van der Waals surface area contributed by atoms with Gasteiger partial charge < -0.3 is 10.5 Å². The first-order chi connectivity index (χ1) is 9.63. The number of fused-ring (bicyclic) bond motifs is 1. The van der Waals surface area contributed by atoms with Gasteiger partial charge in [0.2, 0.25) is 5.88 Å². The molecule has 0 amide bonds. The van der Waals surface area contributed by atoms with Gasteiger partial charge in [-0.05, 0) is 43.7 Å². The van der Waals surface area contributed by atoms with Crippen LogP contribution < -0.4 is 10.5 Å². The summed E-state index contributed by atoms with van der Waals surface area (Å²) < 4.78 is 5.93. The maximum absolute atomic E-state index is 5.93. The molecule has 0 spiro atoms. The number of rotatable bonds is 2. The van der Waals surface area contributed by atoms with E-state index in [-0.39, 0.29) is 0 Å². The minimum atomic E-state index is 0.543. The van der Waals surface area contributed by atoms with Gasteiger partial charge in [-0.1, -0.05) is 17.7 Å². The minimum absolute atomic E-state index is 0.543. The number of nitrogen functional groups attached to an aromatic ring is 1. The minimum Gasteiger partial charge on any atom is -0.438 e. The third-order valence-corrected chi connectivity index (χ3v) is 3.16. The molecule has 1 aromatic heterocycles. The Morgan fingerprint density at radius 1 is 1.00 bits per heavy atom. The van der Waals surface area contributed by atoms with E-state index in [4.69, 9.17) is 10.5 Å². The van der Waals surface area contributed by atoms with Crippen molar-refractivity contribution in [1.82, 2.24) is 9.97 Å². The lowest BCUT2D eigenvalue weighted by atomic mass is 10.1. The van der Waals surface area contributed by atoms with E-state index in [2.05, 4.69) is 23.0 Å². The van der Waals surface area contributed by atoms with Gasteiger partial charge in [0, 0.05) is 5.69 Å². The van der Waals surface area contributed by atoms with Crippen LogP contribution in [0.5, 0.6) is 11.6 Å². The van der Waals surface area contributed by atoms with Gasteiger partial charge in [-0.15, -0.1) is 0 Å². The Labute approximate surface area is 117 Å². The van der Waals surface area contributed by atoms with E-state index >= 15 is 0 Å². The summed E-state index contributed by atoms with van der Waals surface area (Å²) in [5, 5.41) is 0.849. The van der Waals surface area contributed by atoms with E-state index in [9.17, 15) is 0 Å². The molecule has 0 saturated carbocycles. The van der Waals surface area contributed by atoms with Crippen molar-refractivity contribution in [2.24, 2.45) is 0 Å². The zero-order chi connectivity index (χ0) is 14.1. The molecule has 0 saturated heterocycles. The molecular formula is C16H15N3O. The van der Waals surface area contributed by atoms with Crippen LogP contribution in [0.25, 0.3) is 10.9 Å². The fraction of sp³-hybridized carbons (Fsp3) is 0.125. The van der Waals surface area contributed by atoms with Gasteiger partial charge >= 0.3 is 0 Å². The summed E-state index contributed by atoms with van der Waals surface area (Å²) in [6.07, 6.45) is 1.49. The van der Waals surface area contributed by atoms with E-state index in [1.165, 1.54) is 11.9 Å². The molecule has 0 atom stereocenters. The van der Waals surface area contributed by atoms with Crippen molar-refractivity contribution in [2.45, 2.75) is 13.8 Å². The van der Waals surface area contributed by atoms with Crippen LogP contribution in [-0.4, -0.2) is 9.97 Å². The molecule has 0 aliphatic carbocycles. The van der Waals surface area contributed by atoms with Crippen LogP contribution in [0.4, 0.5) is 5.69 Å². The van der Waals surface area contributed by atoms with E-state index in [1.807, 2.05) is 37.3 Å². The van der Waals surface area contributed by atoms with Gasteiger partial charge in [0.15, 0.2) is 0 Å². The number of ether oxygens (including phenoxy) is 1. The molecule has 1 heterocycles. The zero-order valence-electron chi connectivity index (χ0n) is 11.4. The van der Waals surface area contributed by atoms with Crippen LogP contribution in [-0.2, 0) is 0 Å². The predicted octanol–water partition coefficient (Wildman–Crippen LogP) is 3.62. The molecule has 2 aromatic carbocycles. The number of aromatic nitrogens is 2. The molecule has 0 unspecified atom stereocenters. The maximum atomic E-state index is 5.93. The second kappa shape index (κ2) is 4.81. The predicted molar refractivity (Wildman–Crippen MR) is 79.9 cm³/mol. The Morgan fingerprint density at radius 3 is 2.65 bits per heavy atom. The lowest BCUT2D eigenvalue weighted by molar-refractivity contribution is 0.464. The lowest BCUT2D eigenvalue weighted by Crippen LogP contribution is -1.94. The SMILES string of the molecule is Cc1ccc(Oc2ncnc3cc(N)ccc23)c(C)c1. The lowest BCUT2D eigenvalue weighted by Gasteiger charge is -2.10. The Bertz CT molecular complexity index is 784. The summed E-state index contributed by atoms with van der Waals surface area (Å²) in [5.41, 5.74) is 9.50. The molecule has 4 heteroatoms. The third kappa shape index (κ3) is 2.28. The van der Waals surface area contributed by atoms with Crippen molar-refractivity contribution in [3.63, 3.8) is 0 Å². The molecule has 0 aliphatic heterocycles. The zero-order valence-corrected chi connectivity index (χ0v) is 11.4. The van der Waals surface area contributed by atoms with Crippen molar-refractivity contribution < 1.29 is 4.74 Å². The second-order valence-electron chi connectivity index (χ2n) is 4.83. The highest BCUT2D eigenvalue weighted by Crippen LogP contribution is 2.29. The summed E-state index contributed by atoms with van der Waals surface area (Å²) in [7, 11) is 0. The maximum Gasteiger partial charge on any atom is 0.230 e. The van der Waals surface area contributed by atoms with Crippen LogP contribution in [0, 0.1) is 13.8 Å². The molecule has 3 rings (SSSR count). The Hall–Kier alpha value is -2.62. The standard InChI is InChI=1S/C16H15N3O/c1-10-3-6-15(11(2)7-10)20-16-13-5-4-12(17)8-14(13)18-9-19-16/h3-9H,17H2,1-2H3. The van der Waals surface area contributed by atoms with Crippen molar-refractivity contribution >= 4 is 16.6 Å². The first-order valence-corrected chi connectivity index (χ1v) is 6.39. The monoisotopic (exact) mass is 265 g/mol. The smallest absolute Gasteiger partial charge is 0.230 e. The summed E-state index contributed by atoms with van der Waals surface area (Å²) in [5.74, 6) is 1.34. The Morgan fingerprint density at radius 2 is 1.85 bits per heavy atom. The molecule has 0 bridgehead atoms. The van der Waals surface area contributed by atoms with Crippen LogP contribution in [0.3, 0.4) is 0 Å². The van der Waals surface area contributed by atoms with Crippen LogP contribution in [0.15, 0.2) is 42.7 Å². The second-order valence-corrected chi connectivity index (χ2v) is 4.83. The average molecular weight is 265 g/mol. The van der Waals surface area contributed by atoms with Gasteiger partial charge in [0.1, 0.15) is 12.1 Å². The highest BCUT2D eigenvalue weighted by Gasteiger charge is 2.08. The summed E-state index contributed by atoms with van der Waals surface area (Å²) in [6, 6.07) is 11.6. The molecule has 0 aliphatic rings. The normalized spacial score (nSPS) is 10.7. The Balaban J connectivity index is 2.06. The van der Waals surface area contributed by atoms with Crippen molar-refractivity contribution in [3.8, 4) is 11.6 Å². The number of nitrogens with two attached hydrogens (primary N) is 1. The van der Waals surface area contributed by atoms with Gasteiger partial charge in [-0.3, -0.25) is 0 Å². The van der Waals surface area contributed by atoms with Crippen LogP contribution >= 0.6 is 0 Å². The van der Waals surface area contributed by atoms with Crippen LogP contribution in [0.1, 0.15) is 11.1 Å². The molecule has 0 fully saturated rings. The molecule has 100 valence electrons. The average Bonchev–Trinajstić information content (AvgIpc) is 2.41. The number of aryl methyl sites for hydroxylation is 2. The largest absolute Gasteiger partial charge is 0.438 e. The number of anilines is 1. The third-order valence-electron chi connectivity index (χ3n) is 3.16. The van der Waals surface area contributed by atoms with Gasteiger partial charge in [-0.25, -0.2) is 9.97 Å². The molecular weight excluding hydrogens is 250 g/mol. The van der Waals surface area contributed by atoms with Gasteiger partial charge in [0.05, 0.1) is 10.9 Å². The van der Waals surface area contributed by atoms with E-state index < -0.39 is 0 Å². The fourth-order valence-corrected chi connectivity index (χ4v) is 2.15. The summed E-state index contributed by atoms with van der Waals surface area (Å²) in [4.78, 5) is 8.43. The van der Waals surface area contributed by atoms with Gasteiger partial charge in [-0.2, -0.15) is 0 Å². The number of hydrogen-bond acceptors (Lipinski definition) is 4. The van der Waals surface area contributed by atoms with E-state index in [0.29, 0.717) is 11.6 Å². The summed E-state index contributed by atoms with van der Waals surface area (Å²) in [6.45, 7) is 4.07.